The van der Waals surface area contributed by atoms with Crippen molar-refractivity contribution in [1.82, 2.24) is 15.1 Å². The van der Waals surface area contributed by atoms with Gasteiger partial charge in [-0.05, 0) is 36.1 Å². The number of hydrogen-bond donors (Lipinski definition) is 3. The first-order chi connectivity index (χ1) is 11.2. The normalized spacial score (nSPS) is 12.8. The molecule has 0 aliphatic heterocycles. The van der Waals surface area contributed by atoms with E-state index in [4.69, 9.17) is 0 Å². The van der Waals surface area contributed by atoms with Crippen molar-refractivity contribution in [2.24, 2.45) is 5.41 Å². The number of aliphatic hydroxyl groups excluding tert-OH is 1. The van der Waals surface area contributed by atoms with E-state index in [2.05, 4.69) is 15.7 Å². The van der Waals surface area contributed by atoms with Crippen molar-refractivity contribution in [3.8, 4) is 5.69 Å². The van der Waals surface area contributed by atoms with E-state index in [0.29, 0.717) is 11.4 Å². The Labute approximate surface area is 140 Å². The number of aryl methyl sites for hydroxylation is 1. The molecule has 0 bridgehead atoms. The van der Waals surface area contributed by atoms with Crippen LogP contribution >= 0.6 is 0 Å². The van der Waals surface area contributed by atoms with Crippen LogP contribution in [0.4, 0.5) is 14.9 Å². The first-order valence-electron chi connectivity index (χ1n) is 7.71. The van der Waals surface area contributed by atoms with Crippen LogP contribution in [-0.4, -0.2) is 33.6 Å². The summed E-state index contributed by atoms with van der Waals surface area (Å²) < 4.78 is 15.6. The van der Waals surface area contributed by atoms with Gasteiger partial charge in [0.05, 0.1) is 12.3 Å². The molecule has 0 aliphatic rings. The summed E-state index contributed by atoms with van der Waals surface area (Å²) in [7, 11) is 0. The molecule has 2 amide bonds. The molecule has 0 saturated carbocycles. The van der Waals surface area contributed by atoms with Crippen molar-refractivity contribution in [3.05, 3.63) is 42.0 Å². The molecule has 0 radical (unpaired) electrons. The van der Waals surface area contributed by atoms with Crippen LogP contribution in [0, 0.1) is 18.2 Å². The number of aliphatic hydroxyl groups is 1. The Morgan fingerprint density at radius 3 is 2.67 bits per heavy atom. The summed E-state index contributed by atoms with van der Waals surface area (Å²) in [6.07, 6.45) is 2.68. The summed E-state index contributed by atoms with van der Waals surface area (Å²) in [5, 5.41) is 19.1. The summed E-state index contributed by atoms with van der Waals surface area (Å²) in [5.41, 5.74) is 1.22. The third-order valence-corrected chi connectivity index (χ3v) is 3.62. The maximum absolute atomic E-state index is 14.2. The van der Waals surface area contributed by atoms with Crippen LogP contribution in [-0.2, 0) is 0 Å². The van der Waals surface area contributed by atoms with Crippen LogP contribution in [0.5, 0.6) is 0 Å². The number of anilines is 1. The van der Waals surface area contributed by atoms with Crippen LogP contribution in [0.2, 0.25) is 0 Å². The van der Waals surface area contributed by atoms with Crippen molar-refractivity contribution in [3.63, 3.8) is 0 Å². The van der Waals surface area contributed by atoms with E-state index >= 15 is 0 Å². The number of rotatable bonds is 4. The average molecular weight is 334 g/mol. The van der Waals surface area contributed by atoms with Gasteiger partial charge in [0.25, 0.3) is 0 Å². The van der Waals surface area contributed by atoms with Gasteiger partial charge in [-0.1, -0.05) is 20.8 Å². The highest BCUT2D eigenvalue weighted by atomic mass is 19.1. The monoisotopic (exact) mass is 334 g/mol. The van der Waals surface area contributed by atoms with Crippen LogP contribution < -0.4 is 10.6 Å². The zero-order valence-corrected chi connectivity index (χ0v) is 14.3. The summed E-state index contributed by atoms with van der Waals surface area (Å²) in [6.45, 7) is 7.61. The molecule has 24 heavy (non-hydrogen) atoms. The van der Waals surface area contributed by atoms with E-state index in [0.717, 1.165) is 5.56 Å². The molecule has 1 atom stereocenters. The summed E-state index contributed by atoms with van der Waals surface area (Å²) in [6, 6.07) is 3.86. The third kappa shape index (κ3) is 4.55. The van der Waals surface area contributed by atoms with Crippen molar-refractivity contribution < 1.29 is 14.3 Å². The second kappa shape index (κ2) is 7.00. The van der Waals surface area contributed by atoms with Crippen LogP contribution in [0.1, 0.15) is 26.3 Å². The van der Waals surface area contributed by atoms with Gasteiger partial charge in [-0.2, -0.15) is 5.10 Å². The highest BCUT2D eigenvalue weighted by Crippen LogP contribution is 2.19. The number of urea groups is 1. The summed E-state index contributed by atoms with van der Waals surface area (Å²) in [4.78, 5) is 11.8. The molecule has 1 aromatic carbocycles. The number of aromatic nitrogens is 2. The Hall–Kier alpha value is -2.41. The van der Waals surface area contributed by atoms with Crippen LogP contribution in [0.15, 0.2) is 30.6 Å². The lowest BCUT2D eigenvalue weighted by molar-refractivity contribution is 0.0654. The number of halogens is 1. The minimum atomic E-state index is -0.676. The molecule has 1 aromatic heterocycles. The van der Waals surface area contributed by atoms with Crippen LogP contribution in [0.3, 0.4) is 0 Å². The summed E-state index contributed by atoms with van der Waals surface area (Å²) >= 11 is 0. The molecule has 0 fully saturated rings. The van der Waals surface area contributed by atoms with E-state index in [9.17, 15) is 14.3 Å². The minimum absolute atomic E-state index is 0.114. The smallest absolute Gasteiger partial charge is 0.319 e. The third-order valence-electron chi connectivity index (χ3n) is 3.62. The molecule has 1 heterocycles. The quantitative estimate of drug-likeness (QED) is 0.804. The van der Waals surface area contributed by atoms with Crippen molar-refractivity contribution in [2.45, 2.75) is 33.8 Å². The molecule has 2 rings (SSSR count). The average Bonchev–Trinajstić information content (AvgIpc) is 2.90. The van der Waals surface area contributed by atoms with Crippen molar-refractivity contribution >= 4 is 11.7 Å². The Morgan fingerprint density at radius 1 is 1.42 bits per heavy atom. The van der Waals surface area contributed by atoms with Gasteiger partial charge in [-0.25, -0.2) is 13.9 Å². The standard InChI is InChI=1S/C17H23FN4O2/c1-11-8-20-22(10-11)14-6-5-12(7-13(14)18)21-16(24)19-9-15(23)17(2,3)4/h5-8,10,15,23H,9H2,1-4H3,(H2,19,21,24). The number of carbonyl (C=O) groups is 1. The lowest BCUT2D eigenvalue weighted by atomic mass is 9.89. The fourth-order valence-electron chi connectivity index (χ4n) is 1.99. The molecule has 0 saturated heterocycles. The van der Waals surface area contributed by atoms with Gasteiger partial charge >= 0.3 is 6.03 Å². The first-order valence-corrected chi connectivity index (χ1v) is 7.71. The van der Waals surface area contributed by atoms with Gasteiger partial charge in [0.15, 0.2) is 5.82 Å². The number of hydrogen-bond acceptors (Lipinski definition) is 3. The fraction of sp³-hybridized carbons (Fsp3) is 0.412. The number of carbonyl (C=O) groups excluding carboxylic acids is 1. The molecule has 3 N–H and O–H groups in total. The number of nitrogens with one attached hydrogen (secondary N) is 2. The minimum Gasteiger partial charge on any atom is -0.391 e. The Morgan fingerprint density at radius 2 is 2.12 bits per heavy atom. The molecule has 7 heteroatoms. The largest absolute Gasteiger partial charge is 0.391 e. The molecule has 2 aromatic rings. The maximum atomic E-state index is 14.2. The van der Waals surface area contributed by atoms with E-state index in [-0.39, 0.29) is 12.0 Å². The highest BCUT2D eigenvalue weighted by Gasteiger charge is 2.22. The lowest BCUT2D eigenvalue weighted by Gasteiger charge is -2.25. The van der Waals surface area contributed by atoms with Gasteiger partial charge in [0.1, 0.15) is 5.69 Å². The van der Waals surface area contributed by atoms with E-state index in [1.165, 1.54) is 10.7 Å². The fourth-order valence-corrected chi connectivity index (χ4v) is 1.99. The highest BCUT2D eigenvalue weighted by molar-refractivity contribution is 5.89. The predicted octanol–water partition coefficient (Wildman–Crippen LogP) is 2.85. The van der Waals surface area contributed by atoms with E-state index in [1.54, 1.807) is 24.5 Å². The predicted molar refractivity (Wildman–Crippen MR) is 90.7 cm³/mol. The number of amides is 2. The molecular weight excluding hydrogens is 311 g/mol. The van der Waals surface area contributed by atoms with Gasteiger partial charge in [-0.3, -0.25) is 0 Å². The van der Waals surface area contributed by atoms with Crippen molar-refractivity contribution in [2.75, 3.05) is 11.9 Å². The van der Waals surface area contributed by atoms with Crippen molar-refractivity contribution in [1.29, 1.82) is 0 Å². The van der Waals surface area contributed by atoms with E-state index < -0.39 is 18.0 Å². The zero-order valence-electron chi connectivity index (χ0n) is 14.3. The number of benzene rings is 1. The Bertz CT molecular complexity index is 722. The molecule has 6 nitrogen and oxygen atoms in total. The Kier molecular flexibility index (Phi) is 5.23. The molecule has 0 aliphatic carbocycles. The molecule has 0 spiro atoms. The van der Waals surface area contributed by atoms with E-state index in [1.807, 2.05) is 27.7 Å². The van der Waals surface area contributed by atoms with Gasteiger partial charge < -0.3 is 15.7 Å². The number of nitrogens with zero attached hydrogens (tertiary/aromatic N) is 2. The molecule has 130 valence electrons. The summed E-state index contributed by atoms with van der Waals surface area (Å²) in [5.74, 6) is -0.495. The van der Waals surface area contributed by atoms with Crippen LogP contribution in [0.25, 0.3) is 5.69 Å². The molecule has 1 unspecified atom stereocenters. The zero-order chi connectivity index (χ0) is 17.9. The molecular formula is C17H23FN4O2. The van der Waals surface area contributed by atoms with Gasteiger partial charge in [-0.15, -0.1) is 0 Å². The second-order valence-corrected chi connectivity index (χ2v) is 6.85. The first kappa shape index (κ1) is 17.9. The Balaban J connectivity index is 1.98. The SMILES string of the molecule is Cc1cnn(-c2ccc(NC(=O)NCC(O)C(C)(C)C)cc2F)c1. The van der Waals surface area contributed by atoms with Gasteiger partial charge in [0, 0.05) is 18.4 Å². The second-order valence-electron chi connectivity index (χ2n) is 6.85. The van der Waals surface area contributed by atoms with Gasteiger partial charge in [0.2, 0.25) is 0 Å². The maximum Gasteiger partial charge on any atom is 0.319 e. The lowest BCUT2D eigenvalue weighted by Crippen LogP contribution is -2.40. The topological polar surface area (TPSA) is 79.2 Å².